The van der Waals surface area contributed by atoms with Crippen LogP contribution >= 0.6 is 15.9 Å². The van der Waals surface area contributed by atoms with Gasteiger partial charge in [0, 0.05) is 29.5 Å². The van der Waals surface area contributed by atoms with E-state index < -0.39 is 0 Å². The number of hydrogen-bond donors (Lipinski definition) is 1. The van der Waals surface area contributed by atoms with E-state index in [4.69, 9.17) is 4.74 Å². The summed E-state index contributed by atoms with van der Waals surface area (Å²) in [6, 6.07) is 9.62. The molecule has 1 N–H and O–H groups in total. The van der Waals surface area contributed by atoms with Crippen LogP contribution in [-0.4, -0.2) is 18.1 Å². The van der Waals surface area contributed by atoms with Gasteiger partial charge in [0.2, 0.25) is 0 Å². The Hall–Kier alpha value is -1.72. The molecule has 0 amide bonds. The minimum atomic E-state index is -0.334. The van der Waals surface area contributed by atoms with Crippen LogP contribution in [0.4, 0.5) is 0 Å². The second-order valence-corrected chi connectivity index (χ2v) is 5.54. The molecule has 0 bridgehead atoms. The van der Waals surface area contributed by atoms with Crippen molar-refractivity contribution >= 4 is 21.9 Å². The van der Waals surface area contributed by atoms with Crippen molar-refractivity contribution in [3.8, 4) is 0 Å². The minimum absolute atomic E-state index is 0.200. The van der Waals surface area contributed by atoms with E-state index in [1.54, 1.807) is 18.3 Å². The van der Waals surface area contributed by atoms with Gasteiger partial charge in [0.15, 0.2) is 0 Å². The minimum Gasteiger partial charge on any atom is -0.465 e. The van der Waals surface area contributed by atoms with E-state index in [0.717, 1.165) is 15.6 Å². The van der Waals surface area contributed by atoms with E-state index >= 15 is 0 Å². The first kappa shape index (κ1) is 15.7. The van der Waals surface area contributed by atoms with Gasteiger partial charge in [-0.25, -0.2) is 4.79 Å². The van der Waals surface area contributed by atoms with Gasteiger partial charge in [-0.05, 0) is 36.2 Å². The maximum atomic E-state index is 11.5. The number of esters is 1. The first-order chi connectivity index (χ1) is 10.1. The molecule has 21 heavy (non-hydrogen) atoms. The quantitative estimate of drug-likeness (QED) is 0.840. The predicted molar refractivity (Wildman–Crippen MR) is 85.0 cm³/mol. The normalized spacial score (nSPS) is 12.0. The lowest BCUT2D eigenvalue weighted by Gasteiger charge is -2.15. The molecule has 0 aliphatic rings. The Labute approximate surface area is 132 Å². The Bertz CT molecular complexity index is 617. The molecule has 2 aromatic rings. The lowest BCUT2D eigenvalue weighted by Crippen LogP contribution is -2.18. The molecule has 1 aromatic heterocycles. The van der Waals surface area contributed by atoms with Crippen LogP contribution in [0.5, 0.6) is 0 Å². The fourth-order valence-electron chi connectivity index (χ4n) is 1.95. The predicted octanol–water partition coefficient (Wildman–Crippen LogP) is 3.48. The molecule has 0 saturated heterocycles. The van der Waals surface area contributed by atoms with Crippen molar-refractivity contribution < 1.29 is 9.53 Å². The zero-order chi connectivity index (χ0) is 15.2. The van der Waals surface area contributed by atoms with Crippen LogP contribution in [0.25, 0.3) is 0 Å². The molecule has 1 aromatic carbocycles. The fourth-order valence-corrected chi connectivity index (χ4v) is 2.47. The van der Waals surface area contributed by atoms with Crippen LogP contribution in [0.15, 0.2) is 47.2 Å². The molecule has 5 heteroatoms. The molecule has 0 saturated carbocycles. The maximum absolute atomic E-state index is 11.5. The standard InChI is InChI=1S/C16H17BrN2O2/c1-11(13-4-3-7-18-9-13)19-10-14-6-5-12(8-15(14)17)16(20)21-2/h3-9,11,19H,10H2,1-2H3/t11-/m1/s1. The Morgan fingerprint density at radius 3 is 2.86 bits per heavy atom. The first-order valence-corrected chi connectivity index (χ1v) is 7.41. The van der Waals surface area contributed by atoms with Crippen molar-refractivity contribution in [3.05, 3.63) is 63.9 Å². The second kappa shape index (κ2) is 7.33. The van der Waals surface area contributed by atoms with Gasteiger partial charge < -0.3 is 10.1 Å². The molecule has 0 aliphatic heterocycles. The van der Waals surface area contributed by atoms with E-state index in [2.05, 4.69) is 33.2 Å². The molecular weight excluding hydrogens is 332 g/mol. The molecular formula is C16H17BrN2O2. The van der Waals surface area contributed by atoms with Crippen molar-refractivity contribution in [1.82, 2.24) is 10.3 Å². The zero-order valence-corrected chi connectivity index (χ0v) is 13.6. The fraction of sp³-hybridized carbons (Fsp3) is 0.250. The number of rotatable bonds is 5. The number of aromatic nitrogens is 1. The van der Waals surface area contributed by atoms with Gasteiger partial charge in [-0.15, -0.1) is 0 Å². The van der Waals surface area contributed by atoms with E-state index in [0.29, 0.717) is 12.1 Å². The molecule has 2 rings (SSSR count). The number of nitrogens with one attached hydrogen (secondary N) is 1. The van der Waals surface area contributed by atoms with E-state index in [1.165, 1.54) is 7.11 Å². The summed E-state index contributed by atoms with van der Waals surface area (Å²) >= 11 is 3.49. The highest BCUT2D eigenvalue weighted by Crippen LogP contribution is 2.20. The maximum Gasteiger partial charge on any atom is 0.337 e. The molecule has 4 nitrogen and oxygen atoms in total. The molecule has 1 heterocycles. The van der Waals surface area contributed by atoms with Crippen molar-refractivity contribution in [2.24, 2.45) is 0 Å². The number of hydrogen-bond acceptors (Lipinski definition) is 4. The van der Waals surface area contributed by atoms with Gasteiger partial charge in [0.05, 0.1) is 12.7 Å². The summed E-state index contributed by atoms with van der Waals surface area (Å²) in [7, 11) is 1.38. The highest BCUT2D eigenvalue weighted by molar-refractivity contribution is 9.10. The van der Waals surface area contributed by atoms with Crippen LogP contribution < -0.4 is 5.32 Å². The monoisotopic (exact) mass is 348 g/mol. The summed E-state index contributed by atoms with van der Waals surface area (Å²) in [5.74, 6) is -0.334. The van der Waals surface area contributed by atoms with Crippen LogP contribution in [0.1, 0.15) is 34.5 Å². The average molecular weight is 349 g/mol. The molecule has 0 radical (unpaired) electrons. The Kier molecular flexibility index (Phi) is 5.47. The number of nitrogens with zero attached hydrogens (tertiary/aromatic N) is 1. The largest absolute Gasteiger partial charge is 0.465 e. The lowest BCUT2D eigenvalue weighted by atomic mass is 10.1. The number of pyridine rings is 1. The highest BCUT2D eigenvalue weighted by Gasteiger charge is 2.10. The van der Waals surface area contributed by atoms with E-state index in [-0.39, 0.29) is 12.0 Å². The van der Waals surface area contributed by atoms with E-state index in [9.17, 15) is 4.79 Å². The molecule has 110 valence electrons. The first-order valence-electron chi connectivity index (χ1n) is 6.62. The van der Waals surface area contributed by atoms with Crippen molar-refractivity contribution in [3.63, 3.8) is 0 Å². The molecule has 0 fully saturated rings. The Balaban J connectivity index is 2.02. The summed E-state index contributed by atoms with van der Waals surface area (Å²) < 4.78 is 5.59. The third kappa shape index (κ3) is 4.12. The van der Waals surface area contributed by atoms with Gasteiger partial charge in [-0.3, -0.25) is 4.98 Å². The number of benzene rings is 1. The number of halogens is 1. The van der Waals surface area contributed by atoms with E-state index in [1.807, 2.05) is 24.4 Å². The number of methoxy groups -OCH3 is 1. The van der Waals surface area contributed by atoms with Crippen molar-refractivity contribution in [2.45, 2.75) is 19.5 Å². The third-order valence-electron chi connectivity index (χ3n) is 3.26. The SMILES string of the molecule is COC(=O)c1ccc(CN[C@H](C)c2cccnc2)c(Br)c1. The lowest BCUT2D eigenvalue weighted by molar-refractivity contribution is 0.0600. The summed E-state index contributed by atoms with van der Waals surface area (Å²) in [4.78, 5) is 15.6. The topological polar surface area (TPSA) is 51.2 Å². The number of carbonyl (C=O) groups excluding carboxylic acids is 1. The van der Waals surface area contributed by atoms with Gasteiger partial charge in [-0.1, -0.05) is 28.1 Å². The van der Waals surface area contributed by atoms with Crippen LogP contribution in [0.3, 0.4) is 0 Å². The molecule has 1 atom stereocenters. The second-order valence-electron chi connectivity index (χ2n) is 4.69. The number of carbonyl (C=O) groups is 1. The summed E-state index contributed by atoms with van der Waals surface area (Å²) in [6.45, 7) is 2.78. The average Bonchev–Trinajstić information content (AvgIpc) is 2.53. The zero-order valence-electron chi connectivity index (χ0n) is 12.0. The van der Waals surface area contributed by atoms with Gasteiger partial charge >= 0.3 is 5.97 Å². The van der Waals surface area contributed by atoms with Crippen molar-refractivity contribution in [2.75, 3.05) is 7.11 Å². The Morgan fingerprint density at radius 1 is 1.43 bits per heavy atom. The van der Waals surface area contributed by atoms with Crippen LogP contribution in [0, 0.1) is 0 Å². The molecule has 0 spiro atoms. The van der Waals surface area contributed by atoms with Crippen molar-refractivity contribution in [1.29, 1.82) is 0 Å². The van der Waals surface area contributed by atoms with Crippen LogP contribution in [0.2, 0.25) is 0 Å². The van der Waals surface area contributed by atoms with Gasteiger partial charge in [0.1, 0.15) is 0 Å². The number of ether oxygens (including phenoxy) is 1. The van der Waals surface area contributed by atoms with Crippen LogP contribution in [-0.2, 0) is 11.3 Å². The molecule has 0 aliphatic carbocycles. The van der Waals surface area contributed by atoms with Gasteiger partial charge in [-0.2, -0.15) is 0 Å². The highest BCUT2D eigenvalue weighted by atomic mass is 79.9. The summed E-state index contributed by atoms with van der Waals surface area (Å²) in [5, 5.41) is 3.43. The summed E-state index contributed by atoms with van der Waals surface area (Å²) in [6.07, 6.45) is 3.62. The third-order valence-corrected chi connectivity index (χ3v) is 4.00. The molecule has 0 unspecified atom stereocenters. The summed E-state index contributed by atoms with van der Waals surface area (Å²) in [5.41, 5.74) is 2.76. The Morgan fingerprint density at radius 2 is 2.24 bits per heavy atom. The smallest absolute Gasteiger partial charge is 0.337 e. The van der Waals surface area contributed by atoms with Gasteiger partial charge in [0.25, 0.3) is 0 Å².